The standard InChI is InChI=1S/C10H19NO2/c1-7(2)5-9-6-11(8(3)4)10(12)13-9/h7-9H,5-6H2,1-4H3/t9-/m0/s1. The molecule has 0 saturated carbocycles. The highest BCUT2D eigenvalue weighted by Crippen LogP contribution is 2.19. The van der Waals surface area contributed by atoms with Gasteiger partial charge in [-0.2, -0.15) is 0 Å². The fourth-order valence-electron chi connectivity index (χ4n) is 1.61. The number of hydrogen-bond acceptors (Lipinski definition) is 2. The predicted octanol–water partition coefficient (Wildman–Crippen LogP) is 2.26. The number of rotatable bonds is 3. The van der Waals surface area contributed by atoms with Crippen molar-refractivity contribution in [3.05, 3.63) is 0 Å². The van der Waals surface area contributed by atoms with E-state index in [4.69, 9.17) is 4.74 Å². The van der Waals surface area contributed by atoms with Crippen molar-refractivity contribution < 1.29 is 9.53 Å². The van der Waals surface area contributed by atoms with Crippen molar-refractivity contribution in [2.45, 2.75) is 46.3 Å². The van der Waals surface area contributed by atoms with Gasteiger partial charge in [-0.3, -0.25) is 0 Å². The van der Waals surface area contributed by atoms with Crippen LogP contribution in [-0.2, 0) is 4.74 Å². The normalized spacial score (nSPS) is 23.1. The second-order valence-corrected chi connectivity index (χ2v) is 4.38. The molecule has 13 heavy (non-hydrogen) atoms. The van der Waals surface area contributed by atoms with Crippen molar-refractivity contribution in [3.63, 3.8) is 0 Å². The van der Waals surface area contributed by atoms with Gasteiger partial charge >= 0.3 is 6.09 Å². The van der Waals surface area contributed by atoms with Gasteiger partial charge < -0.3 is 9.64 Å². The van der Waals surface area contributed by atoms with Gasteiger partial charge in [-0.1, -0.05) is 13.8 Å². The van der Waals surface area contributed by atoms with Crippen molar-refractivity contribution >= 4 is 6.09 Å². The van der Waals surface area contributed by atoms with Gasteiger partial charge in [0.1, 0.15) is 6.10 Å². The third kappa shape index (κ3) is 2.61. The second-order valence-electron chi connectivity index (χ2n) is 4.38. The van der Waals surface area contributed by atoms with Gasteiger partial charge in [0.2, 0.25) is 0 Å². The van der Waals surface area contributed by atoms with Gasteiger partial charge in [-0.25, -0.2) is 4.79 Å². The topological polar surface area (TPSA) is 29.5 Å². The average Bonchev–Trinajstić information content (AvgIpc) is 2.29. The molecule has 1 saturated heterocycles. The van der Waals surface area contributed by atoms with Crippen molar-refractivity contribution in [2.75, 3.05) is 6.54 Å². The Bertz CT molecular complexity index is 189. The highest BCUT2D eigenvalue weighted by molar-refractivity contribution is 5.70. The summed E-state index contributed by atoms with van der Waals surface area (Å²) in [5, 5.41) is 0. The summed E-state index contributed by atoms with van der Waals surface area (Å²) in [6.07, 6.45) is 0.921. The van der Waals surface area contributed by atoms with E-state index >= 15 is 0 Å². The number of hydrogen-bond donors (Lipinski definition) is 0. The molecule has 0 aromatic heterocycles. The smallest absolute Gasteiger partial charge is 0.410 e. The summed E-state index contributed by atoms with van der Waals surface area (Å²) in [6.45, 7) is 9.07. The third-order valence-corrected chi connectivity index (χ3v) is 2.26. The van der Waals surface area contributed by atoms with Crippen molar-refractivity contribution in [2.24, 2.45) is 5.92 Å². The Hall–Kier alpha value is -0.730. The minimum absolute atomic E-state index is 0.106. The quantitative estimate of drug-likeness (QED) is 0.675. The molecule has 1 heterocycles. The van der Waals surface area contributed by atoms with Crippen molar-refractivity contribution in [1.82, 2.24) is 4.90 Å². The van der Waals surface area contributed by atoms with Crippen LogP contribution in [0.25, 0.3) is 0 Å². The molecule has 0 bridgehead atoms. The van der Waals surface area contributed by atoms with E-state index in [0.717, 1.165) is 13.0 Å². The molecule has 0 unspecified atom stereocenters. The van der Waals surface area contributed by atoms with Gasteiger partial charge in [0.25, 0.3) is 0 Å². The van der Waals surface area contributed by atoms with Crippen LogP contribution in [0.4, 0.5) is 4.79 Å². The fourth-order valence-corrected chi connectivity index (χ4v) is 1.61. The molecule has 1 fully saturated rings. The Kier molecular flexibility index (Phi) is 3.17. The predicted molar refractivity (Wildman–Crippen MR) is 51.6 cm³/mol. The summed E-state index contributed by atoms with van der Waals surface area (Å²) in [5.74, 6) is 0.588. The molecule has 1 rings (SSSR count). The molecule has 76 valence electrons. The lowest BCUT2D eigenvalue weighted by Gasteiger charge is -2.17. The molecular weight excluding hydrogens is 166 g/mol. The van der Waals surface area contributed by atoms with Gasteiger partial charge in [-0.05, 0) is 26.2 Å². The Morgan fingerprint density at radius 2 is 2.08 bits per heavy atom. The molecule has 1 atom stereocenters. The van der Waals surface area contributed by atoms with Gasteiger partial charge in [0.05, 0.1) is 6.54 Å². The van der Waals surface area contributed by atoms with E-state index in [1.807, 2.05) is 13.8 Å². The van der Waals surface area contributed by atoms with Crippen LogP contribution in [-0.4, -0.2) is 29.7 Å². The Labute approximate surface area is 80.1 Å². The highest BCUT2D eigenvalue weighted by atomic mass is 16.6. The van der Waals surface area contributed by atoms with Crippen LogP contribution in [0.15, 0.2) is 0 Å². The largest absolute Gasteiger partial charge is 0.444 e. The molecule has 3 nitrogen and oxygen atoms in total. The average molecular weight is 185 g/mol. The molecule has 1 amide bonds. The SMILES string of the molecule is CC(C)C[C@H]1CN(C(C)C)C(=O)O1. The van der Waals surface area contributed by atoms with E-state index in [2.05, 4.69) is 13.8 Å². The number of carbonyl (C=O) groups excluding carboxylic acids is 1. The molecule has 1 aliphatic heterocycles. The van der Waals surface area contributed by atoms with E-state index in [1.54, 1.807) is 4.90 Å². The highest BCUT2D eigenvalue weighted by Gasteiger charge is 2.32. The van der Waals surface area contributed by atoms with Crippen LogP contribution >= 0.6 is 0 Å². The number of amides is 1. The van der Waals surface area contributed by atoms with Crippen LogP contribution in [0, 0.1) is 5.92 Å². The molecule has 3 heteroatoms. The fraction of sp³-hybridized carbons (Fsp3) is 0.900. The van der Waals surface area contributed by atoms with Gasteiger partial charge in [-0.15, -0.1) is 0 Å². The minimum atomic E-state index is -0.152. The van der Waals surface area contributed by atoms with E-state index < -0.39 is 0 Å². The van der Waals surface area contributed by atoms with Crippen LogP contribution in [0.5, 0.6) is 0 Å². The Balaban J connectivity index is 2.45. The van der Waals surface area contributed by atoms with Gasteiger partial charge in [0.15, 0.2) is 0 Å². The van der Waals surface area contributed by atoms with E-state index in [9.17, 15) is 4.79 Å². The molecule has 0 aromatic rings. The van der Waals surface area contributed by atoms with Gasteiger partial charge in [0, 0.05) is 6.04 Å². The second kappa shape index (κ2) is 3.99. The van der Waals surface area contributed by atoms with Crippen LogP contribution < -0.4 is 0 Å². The molecule has 1 aliphatic rings. The zero-order chi connectivity index (χ0) is 10.0. The minimum Gasteiger partial charge on any atom is -0.444 e. The number of cyclic esters (lactones) is 1. The summed E-state index contributed by atoms with van der Waals surface area (Å²) in [7, 11) is 0. The number of ether oxygens (including phenoxy) is 1. The summed E-state index contributed by atoms with van der Waals surface area (Å²) in [6, 6.07) is 0.254. The third-order valence-electron chi connectivity index (χ3n) is 2.26. The van der Waals surface area contributed by atoms with E-state index in [-0.39, 0.29) is 18.2 Å². The maximum absolute atomic E-state index is 11.3. The van der Waals surface area contributed by atoms with E-state index in [1.165, 1.54) is 0 Å². The van der Waals surface area contributed by atoms with Crippen LogP contribution in [0.3, 0.4) is 0 Å². The van der Waals surface area contributed by atoms with Crippen molar-refractivity contribution in [3.8, 4) is 0 Å². The maximum atomic E-state index is 11.3. The summed E-state index contributed by atoms with van der Waals surface area (Å²) < 4.78 is 5.23. The first-order valence-corrected chi connectivity index (χ1v) is 4.98. The number of nitrogens with zero attached hydrogens (tertiary/aromatic N) is 1. The Morgan fingerprint density at radius 3 is 2.46 bits per heavy atom. The maximum Gasteiger partial charge on any atom is 0.410 e. The van der Waals surface area contributed by atoms with Crippen LogP contribution in [0.2, 0.25) is 0 Å². The lowest BCUT2D eigenvalue weighted by atomic mass is 10.1. The zero-order valence-corrected chi connectivity index (χ0v) is 8.91. The number of carbonyl (C=O) groups is 1. The van der Waals surface area contributed by atoms with Crippen LogP contribution in [0.1, 0.15) is 34.1 Å². The van der Waals surface area contributed by atoms with E-state index in [0.29, 0.717) is 5.92 Å². The Morgan fingerprint density at radius 1 is 1.46 bits per heavy atom. The van der Waals surface area contributed by atoms with Crippen molar-refractivity contribution in [1.29, 1.82) is 0 Å². The molecule has 0 radical (unpaired) electrons. The lowest BCUT2D eigenvalue weighted by molar-refractivity contribution is 0.121. The lowest BCUT2D eigenvalue weighted by Crippen LogP contribution is -2.32. The first-order chi connectivity index (χ1) is 6.00. The monoisotopic (exact) mass is 185 g/mol. The molecule has 0 aromatic carbocycles. The molecule has 0 aliphatic carbocycles. The summed E-state index contributed by atoms with van der Waals surface area (Å²) in [5.41, 5.74) is 0. The first kappa shape index (κ1) is 10.4. The first-order valence-electron chi connectivity index (χ1n) is 4.98. The molecule has 0 N–H and O–H groups in total. The molecule has 0 spiro atoms. The molecular formula is C10H19NO2. The zero-order valence-electron chi connectivity index (χ0n) is 8.91. The summed E-state index contributed by atoms with van der Waals surface area (Å²) >= 11 is 0. The summed E-state index contributed by atoms with van der Waals surface area (Å²) in [4.78, 5) is 13.1.